The van der Waals surface area contributed by atoms with Crippen LogP contribution in [-0.2, 0) is 6.54 Å². The Bertz CT molecular complexity index is 1030. The third-order valence-corrected chi connectivity index (χ3v) is 5.02. The fourth-order valence-corrected chi connectivity index (χ4v) is 3.68. The van der Waals surface area contributed by atoms with Gasteiger partial charge in [0, 0.05) is 38.4 Å². The SMILES string of the molecule is Nc1nc(N)c2c(N3CCN(Cc4ccc(OC(F)(F)F)cc4)CC3)cccc2n1. The summed E-state index contributed by atoms with van der Waals surface area (Å²) in [6, 6.07) is 11.7. The molecule has 3 aromatic rings. The number of piperazine rings is 1. The van der Waals surface area contributed by atoms with E-state index in [1.54, 1.807) is 12.1 Å². The predicted molar refractivity (Wildman–Crippen MR) is 109 cm³/mol. The van der Waals surface area contributed by atoms with E-state index in [1.165, 1.54) is 12.1 Å². The van der Waals surface area contributed by atoms with Crippen molar-refractivity contribution >= 4 is 28.4 Å². The molecule has 0 radical (unpaired) electrons. The molecule has 0 amide bonds. The number of hydrogen-bond donors (Lipinski definition) is 2. The molecule has 0 aliphatic carbocycles. The van der Waals surface area contributed by atoms with Crippen LogP contribution in [0.4, 0.5) is 30.6 Å². The maximum absolute atomic E-state index is 12.3. The third kappa shape index (κ3) is 4.48. The number of rotatable bonds is 4. The molecule has 4 N–H and O–H groups in total. The third-order valence-electron chi connectivity index (χ3n) is 5.02. The molecule has 0 bridgehead atoms. The lowest BCUT2D eigenvalue weighted by Crippen LogP contribution is -2.46. The summed E-state index contributed by atoms with van der Waals surface area (Å²) in [5.41, 5.74) is 14.4. The van der Waals surface area contributed by atoms with Crippen molar-refractivity contribution in [3.8, 4) is 5.75 Å². The first-order valence-electron chi connectivity index (χ1n) is 9.42. The number of alkyl halides is 3. The monoisotopic (exact) mass is 418 g/mol. The number of aromatic nitrogens is 2. The lowest BCUT2D eigenvalue weighted by atomic mass is 10.1. The molecule has 1 fully saturated rings. The molecule has 0 atom stereocenters. The Morgan fingerprint density at radius 3 is 2.30 bits per heavy atom. The van der Waals surface area contributed by atoms with Crippen LogP contribution in [0, 0.1) is 0 Å². The van der Waals surface area contributed by atoms with Gasteiger partial charge < -0.3 is 21.1 Å². The molecule has 1 aromatic heterocycles. The maximum atomic E-state index is 12.3. The van der Waals surface area contributed by atoms with Crippen molar-refractivity contribution in [2.24, 2.45) is 0 Å². The molecule has 1 aliphatic rings. The number of nitrogens with two attached hydrogens (primary N) is 2. The number of fused-ring (bicyclic) bond motifs is 1. The van der Waals surface area contributed by atoms with E-state index in [-0.39, 0.29) is 11.7 Å². The Hall–Kier alpha value is -3.27. The van der Waals surface area contributed by atoms with E-state index in [9.17, 15) is 13.2 Å². The average Bonchev–Trinajstić information content (AvgIpc) is 2.68. The number of anilines is 3. The van der Waals surface area contributed by atoms with Crippen molar-refractivity contribution < 1.29 is 17.9 Å². The summed E-state index contributed by atoms with van der Waals surface area (Å²) in [4.78, 5) is 12.8. The number of halogens is 3. The zero-order chi connectivity index (χ0) is 21.3. The first-order chi connectivity index (χ1) is 14.3. The van der Waals surface area contributed by atoms with Gasteiger partial charge in [-0.1, -0.05) is 18.2 Å². The first kappa shape index (κ1) is 20.0. The highest BCUT2D eigenvalue weighted by atomic mass is 19.4. The molecule has 2 heterocycles. The summed E-state index contributed by atoms with van der Waals surface area (Å²) in [7, 11) is 0. The lowest BCUT2D eigenvalue weighted by Gasteiger charge is -2.36. The van der Waals surface area contributed by atoms with Crippen LogP contribution in [0.2, 0.25) is 0 Å². The molecule has 1 aliphatic heterocycles. The zero-order valence-electron chi connectivity index (χ0n) is 16.1. The van der Waals surface area contributed by atoms with E-state index in [0.29, 0.717) is 17.9 Å². The van der Waals surface area contributed by atoms with Gasteiger partial charge in [-0.05, 0) is 29.8 Å². The average molecular weight is 418 g/mol. The Morgan fingerprint density at radius 2 is 1.63 bits per heavy atom. The minimum absolute atomic E-state index is 0.147. The largest absolute Gasteiger partial charge is 0.573 e. The Balaban J connectivity index is 1.41. The van der Waals surface area contributed by atoms with Gasteiger partial charge >= 0.3 is 6.36 Å². The minimum atomic E-state index is -4.68. The van der Waals surface area contributed by atoms with Crippen molar-refractivity contribution in [2.75, 3.05) is 42.5 Å². The Kier molecular flexibility index (Phi) is 5.25. The summed E-state index contributed by atoms with van der Waals surface area (Å²) in [6.07, 6.45) is -4.68. The molecule has 7 nitrogen and oxygen atoms in total. The van der Waals surface area contributed by atoms with Gasteiger partial charge in [-0.25, -0.2) is 4.98 Å². The van der Waals surface area contributed by atoms with E-state index in [2.05, 4.69) is 24.5 Å². The highest BCUT2D eigenvalue weighted by Gasteiger charge is 2.31. The number of ether oxygens (including phenoxy) is 1. The topological polar surface area (TPSA) is 93.5 Å². The molecular formula is C20H21F3N6O. The van der Waals surface area contributed by atoms with Crippen LogP contribution in [0.15, 0.2) is 42.5 Å². The quantitative estimate of drug-likeness (QED) is 0.673. The summed E-state index contributed by atoms with van der Waals surface area (Å²) in [5, 5.41) is 0.792. The van der Waals surface area contributed by atoms with Crippen LogP contribution in [0.5, 0.6) is 5.75 Å². The summed E-state index contributed by atoms with van der Waals surface area (Å²) in [5.74, 6) is 0.290. The van der Waals surface area contributed by atoms with Gasteiger partial charge in [0.2, 0.25) is 5.95 Å². The molecule has 0 unspecified atom stereocenters. The fraction of sp³-hybridized carbons (Fsp3) is 0.300. The molecule has 10 heteroatoms. The molecule has 158 valence electrons. The second-order valence-corrected chi connectivity index (χ2v) is 7.09. The number of hydrogen-bond acceptors (Lipinski definition) is 7. The van der Waals surface area contributed by atoms with Crippen molar-refractivity contribution in [3.05, 3.63) is 48.0 Å². The molecule has 30 heavy (non-hydrogen) atoms. The van der Waals surface area contributed by atoms with Crippen molar-refractivity contribution in [3.63, 3.8) is 0 Å². The fourth-order valence-electron chi connectivity index (χ4n) is 3.68. The molecule has 2 aromatic carbocycles. The normalized spacial score (nSPS) is 15.5. The van der Waals surface area contributed by atoms with Crippen LogP contribution in [0.25, 0.3) is 10.9 Å². The molecule has 1 saturated heterocycles. The number of nitrogen functional groups attached to an aromatic ring is 2. The van der Waals surface area contributed by atoms with E-state index in [4.69, 9.17) is 11.5 Å². The molecular weight excluding hydrogens is 397 g/mol. The number of benzene rings is 2. The standard InChI is InChI=1S/C20H21F3N6O/c21-20(22,23)30-14-6-4-13(5-7-14)12-28-8-10-29(11-9-28)16-3-1-2-15-17(16)18(24)27-19(25)26-15/h1-7H,8-12H2,(H4,24,25,26,27). The highest BCUT2D eigenvalue weighted by Crippen LogP contribution is 2.31. The van der Waals surface area contributed by atoms with Gasteiger partial charge in [-0.15, -0.1) is 13.2 Å². The lowest BCUT2D eigenvalue weighted by molar-refractivity contribution is -0.274. The zero-order valence-corrected chi connectivity index (χ0v) is 16.1. The van der Waals surface area contributed by atoms with E-state index >= 15 is 0 Å². The van der Waals surface area contributed by atoms with E-state index in [0.717, 1.165) is 42.8 Å². The first-order valence-corrected chi connectivity index (χ1v) is 9.42. The smallest absolute Gasteiger partial charge is 0.406 e. The van der Waals surface area contributed by atoms with Gasteiger partial charge in [-0.2, -0.15) is 4.98 Å². The van der Waals surface area contributed by atoms with Crippen LogP contribution >= 0.6 is 0 Å². The molecule has 4 rings (SSSR count). The van der Waals surface area contributed by atoms with Gasteiger partial charge in [0.15, 0.2) is 0 Å². The predicted octanol–water partition coefficient (Wildman–Crippen LogP) is 3.02. The Labute approximate surface area is 171 Å². The minimum Gasteiger partial charge on any atom is -0.406 e. The van der Waals surface area contributed by atoms with Crippen LogP contribution in [0.3, 0.4) is 0 Å². The van der Waals surface area contributed by atoms with E-state index < -0.39 is 6.36 Å². The second-order valence-electron chi connectivity index (χ2n) is 7.09. The van der Waals surface area contributed by atoms with Crippen molar-refractivity contribution in [1.29, 1.82) is 0 Å². The van der Waals surface area contributed by atoms with Crippen LogP contribution < -0.4 is 21.1 Å². The second kappa shape index (κ2) is 7.86. The number of nitrogens with zero attached hydrogens (tertiary/aromatic N) is 4. The summed E-state index contributed by atoms with van der Waals surface area (Å²) in [6.45, 7) is 3.80. The van der Waals surface area contributed by atoms with Gasteiger partial charge in [0.05, 0.1) is 10.9 Å². The van der Waals surface area contributed by atoms with Crippen molar-refractivity contribution in [2.45, 2.75) is 12.9 Å². The van der Waals surface area contributed by atoms with Gasteiger partial charge in [-0.3, -0.25) is 4.90 Å². The highest BCUT2D eigenvalue weighted by molar-refractivity contribution is 5.99. The maximum Gasteiger partial charge on any atom is 0.573 e. The van der Waals surface area contributed by atoms with Crippen LogP contribution in [0.1, 0.15) is 5.56 Å². The molecule has 0 saturated carbocycles. The van der Waals surface area contributed by atoms with Crippen molar-refractivity contribution in [1.82, 2.24) is 14.9 Å². The van der Waals surface area contributed by atoms with E-state index in [1.807, 2.05) is 18.2 Å². The summed E-state index contributed by atoms with van der Waals surface area (Å²) < 4.78 is 40.7. The summed E-state index contributed by atoms with van der Waals surface area (Å²) >= 11 is 0. The van der Waals surface area contributed by atoms with Gasteiger partial charge in [0.25, 0.3) is 0 Å². The Morgan fingerprint density at radius 1 is 0.933 bits per heavy atom. The molecule has 0 spiro atoms. The van der Waals surface area contributed by atoms with Gasteiger partial charge in [0.1, 0.15) is 11.6 Å². The van der Waals surface area contributed by atoms with Crippen LogP contribution in [-0.4, -0.2) is 47.4 Å².